The molecule has 1 heterocycles. The van der Waals surface area contributed by atoms with Gasteiger partial charge in [0.25, 0.3) is 0 Å². The van der Waals surface area contributed by atoms with Crippen LogP contribution < -0.4 is 11.3 Å². The molecule has 1 aromatic carbocycles. The van der Waals surface area contributed by atoms with Crippen molar-refractivity contribution in [1.82, 2.24) is 5.43 Å². The van der Waals surface area contributed by atoms with Crippen molar-refractivity contribution < 1.29 is 4.39 Å². The van der Waals surface area contributed by atoms with Gasteiger partial charge >= 0.3 is 0 Å². The maximum atomic E-state index is 13.1. The Morgan fingerprint density at radius 1 is 1.29 bits per heavy atom. The number of hydrogen-bond donors (Lipinski definition) is 2. The molecule has 0 saturated heterocycles. The van der Waals surface area contributed by atoms with E-state index in [1.165, 1.54) is 17.0 Å². The first kappa shape index (κ1) is 12.2. The minimum atomic E-state index is -0.219. The zero-order valence-electron chi connectivity index (χ0n) is 9.83. The second-order valence-electron chi connectivity index (χ2n) is 4.09. The Bertz CT molecular complexity index is 522. The molecule has 0 aliphatic rings. The monoisotopic (exact) mass is 250 g/mol. The van der Waals surface area contributed by atoms with E-state index in [1.54, 1.807) is 17.4 Å². The molecular weight excluding hydrogens is 235 g/mol. The summed E-state index contributed by atoms with van der Waals surface area (Å²) in [4.78, 5) is 1.24. The molecule has 90 valence electrons. The number of aryl methyl sites for hydroxylation is 2. The van der Waals surface area contributed by atoms with E-state index in [0.29, 0.717) is 0 Å². The molecule has 2 nitrogen and oxygen atoms in total. The highest BCUT2D eigenvalue weighted by atomic mass is 32.1. The number of thiophene rings is 1. The van der Waals surface area contributed by atoms with Gasteiger partial charge in [-0.25, -0.2) is 9.82 Å². The van der Waals surface area contributed by atoms with Crippen LogP contribution in [0.5, 0.6) is 0 Å². The Labute approximate surface area is 104 Å². The molecule has 0 saturated carbocycles. The van der Waals surface area contributed by atoms with Gasteiger partial charge in [0, 0.05) is 4.88 Å². The fourth-order valence-corrected chi connectivity index (χ4v) is 2.67. The molecule has 0 fully saturated rings. The van der Waals surface area contributed by atoms with Crippen molar-refractivity contribution in [3.8, 4) is 0 Å². The molecule has 3 N–H and O–H groups in total. The van der Waals surface area contributed by atoms with Crippen molar-refractivity contribution in [2.45, 2.75) is 19.9 Å². The van der Waals surface area contributed by atoms with Gasteiger partial charge in [-0.05, 0) is 54.1 Å². The van der Waals surface area contributed by atoms with Gasteiger partial charge in [0.05, 0.1) is 6.04 Å². The highest BCUT2D eigenvalue weighted by Crippen LogP contribution is 2.27. The van der Waals surface area contributed by atoms with Crippen molar-refractivity contribution in [3.05, 3.63) is 57.0 Å². The lowest BCUT2D eigenvalue weighted by molar-refractivity contribution is 0.612. The number of rotatable bonds is 3. The van der Waals surface area contributed by atoms with Crippen LogP contribution in [0.1, 0.15) is 27.6 Å². The third-order valence-electron chi connectivity index (χ3n) is 2.79. The van der Waals surface area contributed by atoms with E-state index >= 15 is 0 Å². The topological polar surface area (TPSA) is 38.0 Å². The van der Waals surface area contributed by atoms with E-state index in [2.05, 4.69) is 23.8 Å². The van der Waals surface area contributed by atoms with Crippen LogP contribution >= 0.6 is 11.3 Å². The summed E-state index contributed by atoms with van der Waals surface area (Å²) in [6.07, 6.45) is 0. The van der Waals surface area contributed by atoms with Gasteiger partial charge in [-0.15, -0.1) is 11.3 Å². The van der Waals surface area contributed by atoms with Crippen molar-refractivity contribution >= 4 is 11.3 Å². The Kier molecular flexibility index (Phi) is 3.57. The first-order chi connectivity index (χ1) is 8.11. The lowest BCUT2D eigenvalue weighted by Crippen LogP contribution is -2.29. The minimum absolute atomic E-state index is 0.0828. The minimum Gasteiger partial charge on any atom is -0.271 e. The summed E-state index contributed by atoms with van der Waals surface area (Å²) in [5.74, 6) is 5.39. The normalized spacial score (nSPS) is 12.7. The van der Waals surface area contributed by atoms with Gasteiger partial charge in [0.1, 0.15) is 5.82 Å². The smallest absolute Gasteiger partial charge is 0.123 e. The summed E-state index contributed by atoms with van der Waals surface area (Å²) in [6, 6.07) is 6.78. The average molecular weight is 250 g/mol. The standard InChI is InChI=1S/C13H15FN2S/c1-8-5-11(14)3-4-12(8)13(16-15)10-6-9(2)17-7-10/h3-7,13,16H,15H2,1-2H3. The number of hydrogen-bond acceptors (Lipinski definition) is 3. The molecule has 1 unspecified atom stereocenters. The Morgan fingerprint density at radius 2 is 2.06 bits per heavy atom. The van der Waals surface area contributed by atoms with Gasteiger partial charge in [0.15, 0.2) is 0 Å². The first-order valence-corrected chi connectivity index (χ1v) is 6.27. The summed E-state index contributed by atoms with van der Waals surface area (Å²) in [6.45, 7) is 3.95. The predicted octanol–water partition coefficient (Wildman–Crippen LogP) is 3.06. The van der Waals surface area contributed by atoms with Crippen LogP contribution in [-0.2, 0) is 0 Å². The quantitative estimate of drug-likeness (QED) is 0.649. The number of nitrogens with one attached hydrogen (secondary N) is 1. The Balaban J connectivity index is 2.42. The third-order valence-corrected chi connectivity index (χ3v) is 3.67. The summed E-state index contributed by atoms with van der Waals surface area (Å²) >= 11 is 1.68. The second-order valence-corrected chi connectivity index (χ2v) is 5.21. The van der Waals surface area contributed by atoms with Crippen LogP contribution in [0.15, 0.2) is 29.6 Å². The second kappa shape index (κ2) is 4.96. The van der Waals surface area contributed by atoms with E-state index in [9.17, 15) is 4.39 Å². The fraction of sp³-hybridized carbons (Fsp3) is 0.231. The van der Waals surface area contributed by atoms with E-state index in [-0.39, 0.29) is 11.9 Å². The summed E-state index contributed by atoms with van der Waals surface area (Å²) < 4.78 is 13.1. The third kappa shape index (κ3) is 2.54. The molecule has 0 aliphatic heterocycles. The highest BCUT2D eigenvalue weighted by Gasteiger charge is 2.15. The summed E-state index contributed by atoms with van der Waals surface area (Å²) in [7, 11) is 0. The molecule has 0 aliphatic carbocycles. The van der Waals surface area contributed by atoms with Crippen molar-refractivity contribution in [2.24, 2.45) is 5.84 Å². The molecule has 0 radical (unpaired) electrons. The van der Waals surface area contributed by atoms with Gasteiger partial charge in [-0.1, -0.05) is 6.07 Å². The molecule has 0 spiro atoms. The largest absolute Gasteiger partial charge is 0.271 e. The van der Waals surface area contributed by atoms with E-state index in [1.807, 2.05) is 6.92 Å². The van der Waals surface area contributed by atoms with Crippen LogP contribution in [-0.4, -0.2) is 0 Å². The Hall–Kier alpha value is -1.23. The average Bonchev–Trinajstić information content (AvgIpc) is 2.69. The van der Waals surface area contributed by atoms with E-state index in [0.717, 1.165) is 16.7 Å². The maximum Gasteiger partial charge on any atom is 0.123 e. The number of hydrazine groups is 1. The zero-order valence-corrected chi connectivity index (χ0v) is 10.6. The van der Waals surface area contributed by atoms with Crippen molar-refractivity contribution in [1.29, 1.82) is 0 Å². The van der Waals surface area contributed by atoms with Crippen LogP contribution in [0, 0.1) is 19.7 Å². The zero-order chi connectivity index (χ0) is 12.4. The number of nitrogens with two attached hydrogens (primary N) is 1. The summed E-state index contributed by atoms with van der Waals surface area (Å²) in [5, 5.41) is 2.07. The van der Waals surface area contributed by atoms with Crippen molar-refractivity contribution in [2.75, 3.05) is 0 Å². The maximum absolute atomic E-state index is 13.1. The molecule has 2 rings (SSSR count). The molecule has 0 amide bonds. The molecule has 0 bridgehead atoms. The van der Waals surface area contributed by atoms with Gasteiger partial charge in [-0.3, -0.25) is 5.84 Å². The van der Waals surface area contributed by atoms with Crippen molar-refractivity contribution in [3.63, 3.8) is 0 Å². The lowest BCUT2D eigenvalue weighted by atomic mass is 9.97. The summed E-state index contributed by atoms with van der Waals surface area (Å²) in [5.41, 5.74) is 5.81. The SMILES string of the molecule is Cc1cc(C(NN)c2ccc(F)cc2C)cs1. The van der Waals surface area contributed by atoms with Crippen LogP contribution in [0.2, 0.25) is 0 Å². The van der Waals surface area contributed by atoms with Crippen LogP contribution in [0.4, 0.5) is 4.39 Å². The van der Waals surface area contributed by atoms with Gasteiger partial charge in [-0.2, -0.15) is 0 Å². The van der Waals surface area contributed by atoms with E-state index < -0.39 is 0 Å². The molecule has 17 heavy (non-hydrogen) atoms. The lowest BCUT2D eigenvalue weighted by Gasteiger charge is -2.17. The highest BCUT2D eigenvalue weighted by molar-refractivity contribution is 7.10. The molecule has 1 atom stereocenters. The predicted molar refractivity (Wildman–Crippen MR) is 69.4 cm³/mol. The Morgan fingerprint density at radius 3 is 2.59 bits per heavy atom. The number of benzene rings is 1. The molecule has 4 heteroatoms. The molecular formula is C13H15FN2S. The van der Waals surface area contributed by atoms with Gasteiger partial charge < -0.3 is 0 Å². The first-order valence-electron chi connectivity index (χ1n) is 5.39. The molecule has 1 aromatic heterocycles. The van der Waals surface area contributed by atoms with Crippen LogP contribution in [0.25, 0.3) is 0 Å². The van der Waals surface area contributed by atoms with Gasteiger partial charge in [0.2, 0.25) is 0 Å². The van der Waals surface area contributed by atoms with Crippen LogP contribution in [0.3, 0.4) is 0 Å². The number of halogens is 1. The van der Waals surface area contributed by atoms with E-state index in [4.69, 9.17) is 5.84 Å². The fourth-order valence-electron chi connectivity index (χ4n) is 1.94. The molecule has 2 aromatic rings.